The summed E-state index contributed by atoms with van der Waals surface area (Å²) in [5.41, 5.74) is 0.684. The van der Waals surface area contributed by atoms with Crippen molar-refractivity contribution in [1.82, 2.24) is 5.32 Å². The average Bonchev–Trinajstić information content (AvgIpc) is 2.61. The molecule has 2 N–H and O–H groups in total. The molecule has 0 saturated heterocycles. The molecule has 6 heteroatoms. The Morgan fingerprint density at radius 1 is 1.23 bits per heavy atom. The standard InChI is InChI=1S/C20H24FNO3S/c1-14(2)25-16-7-5-6-15(12-16)18(23)13-22-20(24)10-11-26-19-9-4-3-8-17(19)21/h3-9,12,14,18,23H,10-11,13H2,1-2H3,(H,22,24). The number of carbonyl (C=O) groups is 1. The molecule has 0 aliphatic rings. The second-order valence-corrected chi connectivity index (χ2v) is 7.22. The average molecular weight is 377 g/mol. The minimum Gasteiger partial charge on any atom is -0.491 e. The molecule has 0 aliphatic heterocycles. The molecule has 0 bridgehead atoms. The van der Waals surface area contributed by atoms with Crippen LogP contribution in [0.5, 0.6) is 5.75 Å². The highest BCUT2D eigenvalue weighted by Gasteiger charge is 2.11. The van der Waals surface area contributed by atoms with Crippen molar-refractivity contribution in [2.24, 2.45) is 0 Å². The van der Waals surface area contributed by atoms with Gasteiger partial charge in [-0.2, -0.15) is 0 Å². The summed E-state index contributed by atoms with van der Waals surface area (Å²) < 4.78 is 19.1. The molecule has 0 aromatic heterocycles. The van der Waals surface area contributed by atoms with E-state index in [0.717, 1.165) is 0 Å². The van der Waals surface area contributed by atoms with Crippen LogP contribution in [0.3, 0.4) is 0 Å². The van der Waals surface area contributed by atoms with Crippen molar-refractivity contribution in [3.63, 3.8) is 0 Å². The number of rotatable bonds is 9. The van der Waals surface area contributed by atoms with E-state index >= 15 is 0 Å². The predicted molar refractivity (Wildman–Crippen MR) is 102 cm³/mol. The summed E-state index contributed by atoms with van der Waals surface area (Å²) >= 11 is 1.30. The first-order valence-corrected chi connectivity index (χ1v) is 9.53. The van der Waals surface area contributed by atoms with Crippen LogP contribution in [-0.4, -0.2) is 29.4 Å². The molecule has 4 nitrogen and oxygen atoms in total. The van der Waals surface area contributed by atoms with Gasteiger partial charge in [0.25, 0.3) is 0 Å². The molecule has 0 heterocycles. The van der Waals surface area contributed by atoms with Gasteiger partial charge in [-0.25, -0.2) is 4.39 Å². The summed E-state index contributed by atoms with van der Waals surface area (Å²) in [6, 6.07) is 13.7. The van der Waals surface area contributed by atoms with Gasteiger partial charge in [0, 0.05) is 23.6 Å². The molecule has 2 aromatic carbocycles. The predicted octanol–water partition coefficient (Wildman–Crippen LogP) is 3.94. The molecule has 1 amide bonds. The van der Waals surface area contributed by atoms with E-state index in [2.05, 4.69) is 5.32 Å². The molecule has 140 valence electrons. The van der Waals surface area contributed by atoms with Crippen LogP contribution in [0.2, 0.25) is 0 Å². The van der Waals surface area contributed by atoms with Gasteiger partial charge in [0.15, 0.2) is 0 Å². The number of aliphatic hydroxyl groups is 1. The highest BCUT2D eigenvalue weighted by Crippen LogP contribution is 2.22. The quantitative estimate of drug-likeness (QED) is 0.650. The van der Waals surface area contributed by atoms with Gasteiger partial charge in [-0.1, -0.05) is 24.3 Å². The van der Waals surface area contributed by atoms with Crippen LogP contribution in [0, 0.1) is 5.82 Å². The van der Waals surface area contributed by atoms with E-state index in [4.69, 9.17) is 4.74 Å². The minimum absolute atomic E-state index is 0.0500. The van der Waals surface area contributed by atoms with Gasteiger partial charge in [0.1, 0.15) is 11.6 Å². The zero-order valence-electron chi connectivity index (χ0n) is 14.9. The SMILES string of the molecule is CC(C)Oc1cccc(C(O)CNC(=O)CCSc2ccccc2F)c1. The zero-order valence-corrected chi connectivity index (χ0v) is 15.8. The summed E-state index contributed by atoms with van der Waals surface area (Å²) in [6.07, 6.45) is -0.509. The van der Waals surface area contributed by atoms with Crippen LogP contribution in [0.1, 0.15) is 31.9 Å². The van der Waals surface area contributed by atoms with E-state index in [1.54, 1.807) is 30.3 Å². The summed E-state index contributed by atoms with van der Waals surface area (Å²) in [5.74, 6) is 0.698. The second kappa shape index (κ2) is 10.2. The molecule has 0 spiro atoms. The monoisotopic (exact) mass is 377 g/mol. The van der Waals surface area contributed by atoms with Gasteiger partial charge >= 0.3 is 0 Å². The number of hydrogen-bond donors (Lipinski definition) is 2. The maximum Gasteiger partial charge on any atom is 0.220 e. The molecular formula is C20H24FNO3S. The zero-order chi connectivity index (χ0) is 18.9. The van der Waals surface area contributed by atoms with Gasteiger partial charge < -0.3 is 15.2 Å². The molecule has 0 aliphatic carbocycles. The highest BCUT2D eigenvalue weighted by molar-refractivity contribution is 7.99. The van der Waals surface area contributed by atoms with Crippen LogP contribution in [0.25, 0.3) is 0 Å². The lowest BCUT2D eigenvalue weighted by molar-refractivity contribution is -0.121. The van der Waals surface area contributed by atoms with Crippen molar-refractivity contribution in [2.75, 3.05) is 12.3 Å². The fourth-order valence-electron chi connectivity index (χ4n) is 2.30. The fraction of sp³-hybridized carbons (Fsp3) is 0.350. The first-order chi connectivity index (χ1) is 12.5. The number of ether oxygens (including phenoxy) is 1. The molecule has 2 aromatic rings. The summed E-state index contributed by atoms with van der Waals surface area (Å²) in [4.78, 5) is 12.4. The highest BCUT2D eigenvalue weighted by atomic mass is 32.2. The number of thioether (sulfide) groups is 1. The largest absolute Gasteiger partial charge is 0.491 e. The fourth-order valence-corrected chi connectivity index (χ4v) is 3.19. The number of benzene rings is 2. The number of nitrogens with one attached hydrogen (secondary N) is 1. The summed E-state index contributed by atoms with van der Waals surface area (Å²) in [5, 5.41) is 12.9. The molecule has 0 fully saturated rings. The van der Waals surface area contributed by atoms with E-state index in [0.29, 0.717) is 22.0 Å². The van der Waals surface area contributed by atoms with Crippen molar-refractivity contribution in [2.45, 2.75) is 37.4 Å². The molecule has 2 rings (SSSR count). The number of amides is 1. The van der Waals surface area contributed by atoms with Crippen LogP contribution >= 0.6 is 11.8 Å². The molecule has 0 radical (unpaired) electrons. The lowest BCUT2D eigenvalue weighted by Crippen LogP contribution is -2.28. The van der Waals surface area contributed by atoms with Crippen molar-refractivity contribution in [3.8, 4) is 5.75 Å². The van der Waals surface area contributed by atoms with Crippen LogP contribution in [0.15, 0.2) is 53.4 Å². The Hall–Kier alpha value is -2.05. The third kappa shape index (κ3) is 6.69. The number of hydrogen-bond acceptors (Lipinski definition) is 4. The molecule has 26 heavy (non-hydrogen) atoms. The number of carbonyl (C=O) groups excluding carboxylic acids is 1. The van der Waals surface area contributed by atoms with Gasteiger partial charge in [-0.05, 0) is 43.7 Å². The molecular weight excluding hydrogens is 353 g/mol. The maximum absolute atomic E-state index is 13.5. The Morgan fingerprint density at radius 3 is 2.73 bits per heavy atom. The van der Waals surface area contributed by atoms with Crippen molar-refractivity contribution >= 4 is 17.7 Å². The van der Waals surface area contributed by atoms with E-state index in [1.807, 2.05) is 26.0 Å². The Morgan fingerprint density at radius 2 is 2.00 bits per heavy atom. The summed E-state index contributed by atoms with van der Waals surface area (Å²) in [7, 11) is 0. The number of aliphatic hydroxyl groups excluding tert-OH is 1. The first-order valence-electron chi connectivity index (χ1n) is 8.54. The number of halogens is 1. The maximum atomic E-state index is 13.5. The van der Waals surface area contributed by atoms with E-state index in [1.165, 1.54) is 17.8 Å². The third-order valence-corrected chi connectivity index (χ3v) is 4.58. The minimum atomic E-state index is -0.811. The third-order valence-electron chi connectivity index (χ3n) is 3.53. The van der Waals surface area contributed by atoms with E-state index in [9.17, 15) is 14.3 Å². The normalized spacial score (nSPS) is 12.0. The summed E-state index contributed by atoms with van der Waals surface area (Å²) in [6.45, 7) is 3.99. The smallest absolute Gasteiger partial charge is 0.220 e. The van der Waals surface area contributed by atoms with Crippen molar-refractivity contribution in [3.05, 3.63) is 59.9 Å². The molecule has 1 atom stereocenters. The molecule has 1 unspecified atom stereocenters. The Bertz CT molecular complexity index is 724. The van der Waals surface area contributed by atoms with Crippen molar-refractivity contribution in [1.29, 1.82) is 0 Å². The topological polar surface area (TPSA) is 58.6 Å². The van der Waals surface area contributed by atoms with Gasteiger partial charge in [-0.3, -0.25) is 4.79 Å². The second-order valence-electron chi connectivity index (χ2n) is 6.09. The van der Waals surface area contributed by atoms with Crippen molar-refractivity contribution < 1.29 is 19.0 Å². The van der Waals surface area contributed by atoms with E-state index < -0.39 is 6.10 Å². The molecule has 0 saturated carbocycles. The Balaban J connectivity index is 1.75. The van der Waals surface area contributed by atoms with Gasteiger partial charge in [0.2, 0.25) is 5.91 Å². The van der Waals surface area contributed by atoms with E-state index in [-0.39, 0.29) is 30.8 Å². The van der Waals surface area contributed by atoms with Crippen LogP contribution in [0.4, 0.5) is 4.39 Å². The van der Waals surface area contributed by atoms with Crippen LogP contribution in [-0.2, 0) is 4.79 Å². The lowest BCUT2D eigenvalue weighted by atomic mass is 10.1. The Kier molecular flexibility index (Phi) is 7.94. The first kappa shape index (κ1) is 20.3. The van der Waals surface area contributed by atoms with Crippen LogP contribution < -0.4 is 10.1 Å². The van der Waals surface area contributed by atoms with Gasteiger partial charge in [0.05, 0.1) is 12.2 Å². The van der Waals surface area contributed by atoms with Gasteiger partial charge in [-0.15, -0.1) is 11.8 Å². The lowest BCUT2D eigenvalue weighted by Gasteiger charge is -2.15. The Labute approximate surface area is 157 Å².